The van der Waals surface area contributed by atoms with Gasteiger partial charge >= 0.3 is 5.63 Å². The Morgan fingerprint density at radius 3 is 2.67 bits per heavy atom. The summed E-state index contributed by atoms with van der Waals surface area (Å²) in [4.78, 5) is 22.3. The summed E-state index contributed by atoms with van der Waals surface area (Å²) in [5.74, 6) is 0.462. The van der Waals surface area contributed by atoms with E-state index in [1.54, 1.807) is 0 Å². The van der Waals surface area contributed by atoms with Crippen LogP contribution >= 0.6 is 27.3 Å². The van der Waals surface area contributed by atoms with E-state index < -0.39 is 0 Å². The minimum atomic E-state index is -0.329. The van der Waals surface area contributed by atoms with Crippen molar-refractivity contribution in [1.29, 1.82) is 0 Å². The summed E-state index contributed by atoms with van der Waals surface area (Å²) in [6.07, 6.45) is 0.589. The highest BCUT2D eigenvalue weighted by molar-refractivity contribution is 9.10. The zero-order chi connectivity index (χ0) is 16.8. The molecule has 0 atom stereocenters. The lowest BCUT2D eigenvalue weighted by Gasteiger charge is -2.04. The normalized spacial score (nSPS) is 11.5. The number of fused-ring (bicyclic) bond motifs is 3. The van der Waals surface area contributed by atoms with Crippen LogP contribution in [0.5, 0.6) is 0 Å². The van der Waals surface area contributed by atoms with E-state index in [0.29, 0.717) is 22.5 Å². The number of benzene rings is 1. The van der Waals surface area contributed by atoms with Crippen LogP contribution in [0, 0.1) is 6.92 Å². The van der Waals surface area contributed by atoms with Crippen LogP contribution in [-0.4, -0.2) is 9.97 Å². The Bertz CT molecular complexity index is 1130. The summed E-state index contributed by atoms with van der Waals surface area (Å²) in [5.41, 5.74) is 3.36. The van der Waals surface area contributed by atoms with Gasteiger partial charge in [0.1, 0.15) is 15.0 Å². The molecule has 0 aliphatic carbocycles. The van der Waals surface area contributed by atoms with Crippen molar-refractivity contribution >= 4 is 47.7 Å². The summed E-state index contributed by atoms with van der Waals surface area (Å²) in [6, 6.07) is 10.1. The molecule has 0 N–H and O–H groups in total. The van der Waals surface area contributed by atoms with Crippen LogP contribution in [0.2, 0.25) is 0 Å². The van der Waals surface area contributed by atoms with Gasteiger partial charge in [0.15, 0.2) is 5.89 Å². The van der Waals surface area contributed by atoms with Gasteiger partial charge in [-0.1, -0.05) is 35.0 Å². The maximum absolute atomic E-state index is 12.2. The van der Waals surface area contributed by atoms with E-state index in [1.165, 1.54) is 11.3 Å². The van der Waals surface area contributed by atoms with Crippen molar-refractivity contribution in [3.63, 3.8) is 0 Å². The van der Waals surface area contributed by atoms with Gasteiger partial charge in [-0.25, -0.2) is 14.8 Å². The Hall–Kier alpha value is -2.05. The number of nitrogens with zero attached hydrogens (tertiary/aromatic N) is 2. The van der Waals surface area contributed by atoms with Crippen molar-refractivity contribution in [2.24, 2.45) is 0 Å². The molecular formula is C18H13BrN2O2S. The van der Waals surface area contributed by atoms with Crippen molar-refractivity contribution in [2.45, 2.75) is 20.3 Å². The number of aryl methyl sites for hydroxylation is 2. The van der Waals surface area contributed by atoms with E-state index in [0.717, 1.165) is 31.5 Å². The third-order valence-electron chi connectivity index (χ3n) is 3.91. The SMILES string of the molecule is CCc1nc2c(sc3nc(-c4ccc(Br)cc4)cc(C)c32)c(=O)o1. The molecule has 0 fully saturated rings. The molecule has 3 heterocycles. The molecule has 0 saturated heterocycles. The fraction of sp³-hybridized carbons (Fsp3) is 0.167. The average molecular weight is 401 g/mol. The highest BCUT2D eigenvalue weighted by Gasteiger charge is 2.16. The maximum atomic E-state index is 12.2. The van der Waals surface area contributed by atoms with Crippen LogP contribution in [-0.2, 0) is 6.42 Å². The second kappa shape index (κ2) is 5.79. The molecular weight excluding hydrogens is 388 g/mol. The van der Waals surface area contributed by atoms with Gasteiger partial charge in [-0.05, 0) is 30.7 Å². The number of aromatic nitrogens is 2. The highest BCUT2D eigenvalue weighted by atomic mass is 79.9. The fourth-order valence-corrected chi connectivity index (χ4v) is 4.06. The van der Waals surface area contributed by atoms with Crippen LogP contribution in [0.3, 0.4) is 0 Å². The zero-order valence-corrected chi connectivity index (χ0v) is 15.5. The third kappa shape index (κ3) is 2.46. The molecule has 3 aromatic heterocycles. The number of rotatable bonds is 2. The van der Waals surface area contributed by atoms with Gasteiger partial charge in [0, 0.05) is 21.8 Å². The second-order valence-electron chi connectivity index (χ2n) is 5.54. The van der Waals surface area contributed by atoms with Gasteiger partial charge in [0.25, 0.3) is 0 Å². The molecule has 4 rings (SSSR count). The van der Waals surface area contributed by atoms with Gasteiger partial charge < -0.3 is 4.42 Å². The quantitative estimate of drug-likeness (QED) is 0.469. The van der Waals surface area contributed by atoms with Crippen molar-refractivity contribution in [2.75, 3.05) is 0 Å². The van der Waals surface area contributed by atoms with Crippen LogP contribution < -0.4 is 5.63 Å². The van der Waals surface area contributed by atoms with Crippen LogP contribution in [0.1, 0.15) is 18.4 Å². The van der Waals surface area contributed by atoms with E-state index in [1.807, 2.05) is 44.2 Å². The Labute approximate surface area is 150 Å². The van der Waals surface area contributed by atoms with Gasteiger partial charge in [0.05, 0.1) is 5.69 Å². The maximum Gasteiger partial charge on any atom is 0.357 e. The minimum absolute atomic E-state index is 0.329. The molecule has 24 heavy (non-hydrogen) atoms. The van der Waals surface area contributed by atoms with Gasteiger partial charge in [-0.3, -0.25) is 0 Å². The minimum Gasteiger partial charge on any atom is -0.407 e. The predicted molar refractivity (Wildman–Crippen MR) is 101 cm³/mol. The lowest BCUT2D eigenvalue weighted by Crippen LogP contribution is -2.02. The Kier molecular flexibility index (Phi) is 3.73. The molecule has 6 heteroatoms. The smallest absolute Gasteiger partial charge is 0.357 e. The molecule has 0 aliphatic heterocycles. The second-order valence-corrected chi connectivity index (χ2v) is 7.45. The van der Waals surface area contributed by atoms with Gasteiger partial charge in [-0.2, -0.15) is 0 Å². The lowest BCUT2D eigenvalue weighted by atomic mass is 10.1. The monoisotopic (exact) mass is 400 g/mol. The highest BCUT2D eigenvalue weighted by Crippen LogP contribution is 2.34. The molecule has 0 spiro atoms. The molecule has 0 saturated carbocycles. The topological polar surface area (TPSA) is 56.0 Å². The number of pyridine rings is 1. The first-order valence-corrected chi connectivity index (χ1v) is 9.17. The van der Waals surface area contributed by atoms with E-state index in [9.17, 15) is 4.79 Å². The zero-order valence-electron chi connectivity index (χ0n) is 13.1. The molecule has 4 aromatic rings. The Morgan fingerprint density at radius 2 is 1.96 bits per heavy atom. The number of halogens is 1. The van der Waals surface area contributed by atoms with E-state index in [2.05, 4.69) is 20.9 Å². The summed E-state index contributed by atoms with van der Waals surface area (Å²) >= 11 is 4.79. The van der Waals surface area contributed by atoms with Crippen LogP contribution in [0.15, 0.2) is 44.0 Å². The first-order valence-electron chi connectivity index (χ1n) is 7.56. The fourth-order valence-electron chi connectivity index (χ4n) is 2.73. The summed E-state index contributed by atoms with van der Waals surface area (Å²) in [6.45, 7) is 3.95. The van der Waals surface area contributed by atoms with E-state index >= 15 is 0 Å². The Morgan fingerprint density at radius 1 is 1.21 bits per heavy atom. The average Bonchev–Trinajstić information content (AvgIpc) is 2.95. The van der Waals surface area contributed by atoms with E-state index in [4.69, 9.17) is 9.40 Å². The van der Waals surface area contributed by atoms with Gasteiger partial charge in [0.2, 0.25) is 0 Å². The predicted octanol–water partition coefficient (Wildman–Crippen LogP) is 5.10. The molecule has 1 aromatic carbocycles. The molecule has 0 aliphatic rings. The molecule has 0 bridgehead atoms. The third-order valence-corrected chi connectivity index (χ3v) is 5.49. The standard InChI is InChI=1S/C18H13BrN2O2S/c1-3-13-21-15-14-9(2)8-12(10-4-6-11(19)7-5-10)20-17(14)24-16(15)18(22)23-13/h4-8H,3H2,1-2H3. The largest absolute Gasteiger partial charge is 0.407 e. The molecule has 0 amide bonds. The summed E-state index contributed by atoms with van der Waals surface area (Å²) < 4.78 is 6.81. The first kappa shape index (κ1) is 15.5. The molecule has 120 valence electrons. The van der Waals surface area contributed by atoms with Crippen molar-refractivity contribution in [3.8, 4) is 11.3 Å². The van der Waals surface area contributed by atoms with Crippen LogP contribution in [0.25, 0.3) is 31.7 Å². The van der Waals surface area contributed by atoms with Gasteiger partial charge in [-0.15, -0.1) is 11.3 Å². The van der Waals surface area contributed by atoms with E-state index in [-0.39, 0.29) is 5.63 Å². The summed E-state index contributed by atoms with van der Waals surface area (Å²) in [5, 5.41) is 0.943. The lowest BCUT2D eigenvalue weighted by molar-refractivity contribution is 0.451. The molecule has 4 nitrogen and oxygen atoms in total. The molecule has 0 radical (unpaired) electrons. The number of hydrogen-bond donors (Lipinski definition) is 0. The number of thiophene rings is 1. The van der Waals surface area contributed by atoms with Crippen LogP contribution in [0.4, 0.5) is 0 Å². The van der Waals surface area contributed by atoms with Crippen molar-refractivity contribution < 1.29 is 4.42 Å². The summed E-state index contributed by atoms with van der Waals surface area (Å²) in [7, 11) is 0. The van der Waals surface area contributed by atoms with Crippen molar-refractivity contribution in [1.82, 2.24) is 9.97 Å². The first-order chi connectivity index (χ1) is 11.6. The van der Waals surface area contributed by atoms with Crippen molar-refractivity contribution in [3.05, 3.63) is 56.7 Å². The molecule has 0 unspecified atom stereocenters. The number of hydrogen-bond acceptors (Lipinski definition) is 5. The Balaban J connectivity index is 2.02.